The second-order valence-electron chi connectivity index (χ2n) is 2.41. The van der Waals surface area contributed by atoms with Gasteiger partial charge in [0.25, 0.3) is 0 Å². The summed E-state index contributed by atoms with van der Waals surface area (Å²) in [5, 5.41) is 1.06. The fourth-order valence-corrected chi connectivity index (χ4v) is 1.10. The monoisotopic (exact) mass is 208 g/mol. The molecule has 0 aliphatic rings. The van der Waals surface area contributed by atoms with Crippen molar-refractivity contribution in [3.63, 3.8) is 0 Å². The first-order chi connectivity index (χ1) is 5.36. The van der Waals surface area contributed by atoms with Crippen LogP contribution in [0.25, 0.3) is 10.9 Å². The molecule has 1 heterocycles. The van der Waals surface area contributed by atoms with E-state index in [2.05, 4.69) is 4.98 Å². The quantitative estimate of drug-likeness (QED) is 0.655. The summed E-state index contributed by atoms with van der Waals surface area (Å²) in [6.45, 7) is 0. The van der Waals surface area contributed by atoms with E-state index in [1.807, 2.05) is 30.3 Å². The first kappa shape index (κ1) is 9.04. The average Bonchev–Trinajstić information content (AvgIpc) is 2.04. The van der Waals surface area contributed by atoms with Crippen LogP contribution in [0.3, 0.4) is 0 Å². The van der Waals surface area contributed by atoms with E-state index in [1.54, 1.807) is 0 Å². The van der Waals surface area contributed by atoms with E-state index in [9.17, 15) is 4.79 Å². The van der Waals surface area contributed by atoms with Crippen molar-refractivity contribution >= 4 is 10.9 Å². The van der Waals surface area contributed by atoms with Crippen LogP contribution in [0.4, 0.5) is 0 Å². The van der Waals surface area contributed by atoms with Gasteiger partial charge < -0.3 is 4.98 Å². The van der Waals surface area contributed by atoms with E-state index in [0.29, 0.717) is 0 Å². The molecule has 0 aliphatic carbocycles. The van der Waals surface area contributed by atoms with E-state index in [4.69, 9.17) is 0 Å². The first-order valence-electron chi connectivity index (χ1n) is 3.44. The Labute approximate surface area is 80.1 Å². The van der Waals surface area contributed by atoms with Gasteiger partial charge in [0.2, 0.25) is 5.56 Å². The maximum absolute atomic E-state index is 10.8. The minimum atomic E-state index is -0.0521. The average molecular weight is 209 g/mol. The van der Waals surface area contributed by atoms with Gasteiger partial charge in [-0.15, -0.1) is 0 Å². The molecule has 1 aromatic heterocycles. The fraction of sp³-hybridized carbons (Fsp3) is 0. The number of hydrogen-bond acceptors (Lipinski definition) is 1. The molecular formula is C9H7CuNO+2. The van der Waals surface area contributed by atoms with Gasteiger partial charge in [0.05, 0.1) is 0 Å². The summed E-state index contributed by atoms with van der Waals surface area (Å²) >= 11 is 0. The molecule has 1 aromatic carbocycles. The van der Waals surface area contributed by atoms with Crippen molar-refractivity contribution in [2.45, 2.75) is 0 Å². The van der Waals surface area contributed by atoms with Crippen LogP contribution in [0.2, 0.25) is 0 Å². The van der Waals surface area contributed by atoms with Crippen LogP contribution < -0.4 is 5.56 Å². The molecule has 0 aliphatic heterocycles. The molecule has 1 radical (unpaired) electrons. The van der Waals surface area contributed by atoms with Crippen LogP contribution >= 0.6 is 0 Å². The van der Waals surface area contributed by atoms with Gasteiger partial charge in [0.15, 0.2) is 0 Å². The van der Waals surface area contributed by atoms with Crippen molar-refractivity contribution < 1.29 is 17.1 Å². The summed E-state index contributed by atoms with van der Waals surface area (Å²) in [7, 11) is 0. The van der Waals surface area contributed by atoms with Gasteiger partial charge in [-0.2, -0.15) is 0 Å². The topological polar surface area (TPSA) is 32.9 Å². The molecule has 0 bridgehead atoms. The minimum absolute atomic E-state index is 0. The van der Waals surface area contributed by atoms with Crippen LogP contribution in [0, 0.1) is 0 Å². The number of aromatic nitrogens is 1. The molecule has 1 N–H and O–H groups in total. The van der Waals surface area contributed by atoms with E-state index < -0.39 is 0 Å². The van der Waals surface area contributed by atoms with E-state index >= 15 is 0 Å². The third-order valence-corrected chi connectivity index (χ3v) is 1.63. The molecule has 0 fully saturated rings. The predicted octanol–water partition coefficient (Wildman–Crippen LogP) is 1.53. The summed E-state index contributed by atoms with van der Waals surface area (Å²) in [5.74, 6) is 0. The Hall–Kier alpha value is -1.05. The molecule has 0 saturated carbocycles. The van der Waals surface area contributed by atoms with E-state index in [0.717, 1.165) is 10.9 Å². The Morgan fingerprint density at radius 3 is 2.58 bits per heavy atom. The summed E-state index contributed by atoms with van der Waals surface area (Å²) in [6, 6.07) is 11.0. The van der Waals surface area contributed by atoms with E-state index in [1.165, 1.54) is 6.07 Å². The van der Waals surface area contributed by atoms with E-state index in [-0.39, 0.29) is 22.6 Å². The molecule has 2 nitrogen and oxygen atoms in total. The van der Waals surface area contributed by atoms with Gasteiger partial charge in [0, 0.05) is 11.6 Å². The zero-order valence-electron chi connectivity index (χ0n) is 6.17. The van der Waals surface area contributed by atoms with Crippen molar-refractivity contribution in [2.24, 2.45) is 0 Å². The molecule has 3 heteroatoms. The largest absolute Gasteiger partial charge is 2.00 e. The molecule has 12 heavy (non-hydrogen) atoms. The molecule has 2 aromatic rings. The number of aromatic amines is 1. The van der Waals surface area contributed by atoms with Gasteiger partial charge in [0.1, 0.15) is 0 Å². The normalized spacial score (nSPS) is 9.33. The second kappa shape index (κ2) is 3.57. The summed E-state index contributed by atoms with van der Waals surface area (Å²) in [5.41, 5.74) is 0.837. The zero-order chi connectivity index (χ0) is 7.68. The minimum Gasteiger partial charge on any atom is -0.322 e. The fourth-order valence-electron chi connectivity index (χ4n) is 1.10. The van der Waals surface area contributed by atoms with Crippen LogP contribution in [0.1, 0.15) is 0 Å². The Kier molecular flexibility index (Phi) is 2.69. The van der Waals surface area contributed by atoms with Crippen molar-refractivity contribution in [3.8, 4) is 0 Å². The Morgan fingerprint density at radius 2 is 1.75 bits per heavy atom. The van der Waals surface area contributed by atoms with Crippen LogP contribution in [0.15, 0.2) is 41.2 Å². The van der Waals surface area contributed by atoms with Crippen molar-refractivity contribution in [3.05, 3.63) is 46.8 Å². The summed E-state index contributed by atoms with van der Waals surface area (Å²) in [4.78, 5) is 13.6. The van der Waals surface area contributed by atoms with Crippen LogP contribution in [-0.4, -0.2) is 4.98 Å². The van der Waals surface area contributed by atoms with Gasteiger partial charge in [-0.05, 0) is 17.5 Å². The number of fused-ring (bicyclic) bond motifs is 1. The molecule has 63 valence electrons. The number of rotatable bonds is 0. The van der Waals surface area contributed by atoms with Gasteiger partial charge in [-0.1, -0.05) is 18.2 Å². The van der Waals surface area contributed by atoms with Crippen LogP contribution in [0.5, 0.6) is 0 Å². The standard InChI is InChI=1S/C9H7NO.Cu/c11-9-6-5-7-3-1-2-4-8(7)10-9;/h1-6H,(H,10,11);/q;+2. The van der Waals surface area contributed by atoms with Gasteiger partial charge in [-0.25, -0.2) is 0 Å². The molecule has 0 amide bonds. The molecule has 0 unspecified atom stereocenters. The molecule has 0 saturated heterocycles. The van der Waals surface area contributed by atoms with Gasteiger partial charge in [-0.3, -0.25) is 4.79 Å². The number of nitrogens with one attached hydrogen (secondary N) is 1. The second-order valence-corrected chi connectivity index (χ2v) is 2.41. The number of hydrogen-bond donors (Lipinski definition) is 1. The summed E-state index contributed by atoms with van der Waals surface area (Å²) < 4.78 is 0. The van der Waals surface area contributed by atoms with Crippen LogP contribution in [-0.2, 0) is 17.1 Å². The number of pyridine rings is 1. The molecular weight excluding hydrogens is 202 g/mol. The van der Waals surface area contributed by atoms with Gasteiger partial charge >= 0.3 is 17.1 Å². The molecule has 0 atom stereocenters. The summed E-state index contributed by atoms with van der Waals surface area (Å²) in [6.07, 6.45) is 0. The Balaban J connectivity index is 0.000000720. The SMILES string of the molecule is O=c1ccc2ccccc2[nH]1.[Cu+2]. The zero-order valence-corrected chi connectivity index (χ0v) is 7.12. The molecule has 2 rings (SSSR count). The number of para-hydroxylation sites is 1. The maximum atomic E-state index is 10.8. The maximum Gasteiger partial charge on any atom is 2.00 e. The van der Waals surface area contributed by atoms with Crippen molar-refractivity contribution in [2.75, 3.05) is 0 Å². The number of benzene rings is 1. The predicted molar refractivity (Wildman–Crippen MR) is 44.6 cm³/mol. The third kappa shape index (κ3) is 1.58. The Bertz CT molecular complexity index is 435. The molecule has 0 spiro atoms. The first-order valence-corrected chi connectivity index (χ1v) is 3.44. The van der Waals surface area contributed by atoms with Crippen molar-refractivity contribution in [1.82, 2.24) is 4.98 Å². The third-order valence-electron chi connectivity index (χ3n) is 1.63. The van der Waals surface area contributed by atoms with Crippen molar-refractivity contribution in [1.29, 1.82) is 0 Å². The Morgan fingerprint density at radius 1 is 1.00 bits per heavy atom. The smallest absolute Gasteiger partial charge is 0.322 e. The number of H-pyrrole nitrogens is 1.